The van der Waals surface area contributed by atoms with Crippen LogP contribution in [0.15, 0.2) is 10.9 Å². The smallest absolute Gasteiger partial charge is 0.320 e. The fourth-order valence-corrected chi connectivity index (χ4v) is 2.57. The van der Waals surface area contributed by atoms with Gasteiger partial charge < -0.3 is 4.98 Å². The van der Waals surface area contributed by atoms with Gasteiger partial charge in [-0.05, 0) is 36.2 Å². The second kappa shape index (κ2) is 4.23. The quantitative estimate of drug-likeness (QED) is 0.614. The topological polar surface area (TPSA) is 76.0 Å². The average molecular weight is 250 g/mol. The number of aromatic amines is 1. The predicted octanol–water partition coefficient (Wildman–Crippen LogP) is 2.43. The van der Waals surface area contributed by atoms with Crippen molar-refractivity contribution in [2.75, 3.05) is 0 Å². The van der Waals surface area contributed by atoms with Crippen LogP contribution in [0.5, 0.6) is 0 Å². The Labute approximate surface area is 105 Å². The summed E-state index contributed by atoms with van der Waals surface area (Å²) in [5, 5.41) is 10.8. The number of fused-ring (bicyclic) bond motifs is 1. The Hall–Kier alpha value is -1.65. The number of nitrogens with zero attached hydrogens (tertiary/aromatic N) is 1. The molecule has 1 aliphatic carbocycles. The average Bonchev–Trinajstić information content (AvgIpc) is 2.25. The molecule has 2 rings (SSSR count). The molecule has 18 heavy (non-hydrogen) atoms. The van der Waals surface area contributed by atoms with Gasteiger partial charge in [0.05, 0.1) is 4.92 Å². The molecule has 5 nitrogen and oxygen atoms in total. The zero-order valence-corrected chi connectivity index (χ0v) is 10.9. The number of pyridine rings is 1. The summed E-state index contributed by atoms with van der Waals surface area (Å²) in [5.41, 5.74) is 1.04. The van der Waals surface area contributed by atoms with E-state index in [0.29, 0.717) is 5.92 Å². The van der Waals surface area contributed by atoms with E-state index in [1.165, 1.54) is 6.07 Å². The van der Waals surface area contributed by atoms with Crippen molar-refractivity contribution < 1.29 is 4.92 Å². The summed E-state index contributed by atoms with van der Waals surface area (Å²) in [7, 11) is 0. The van der Waals surface area contributed by atoms with Gasteiger partial charge in [0.1, 0.15) is 0 Å². The van der Waals surface area contributed by atoms with Gasteiger partial charge in [0.2, 0.25) is 0 Å². The first kappa shape index (κ1) is 12.8. The number of rotatable bonds is 1. The van der Waals surface area contributed by atoms with Crippen LogP contribution >= 0.6 is 0 Å². The molecule has 1 atom stereocenters. The zero-order valence-electron chi connectivity index (χ0n) is 10.9. The number of aromatic nitrogens is 1. The molecular weight excluding hydrogens is 232 g/mol. The summed E-state index contributed by atoms with van der Waals surface area (Å²) in [6.07, 6.45) is 2.62. The van der Waals surface area contributed by atoms with Gasteiger partial charge >= 0.3 is 11.2 Å². The van der Waals surface area contributed by atoms with Crippen molar-refractivity contribution in [2.45, 2.75) is 40.0 Å². The predicted molar refractivity (Wildman–Crippen MR) is 68.7 cm³/mol. The Morgan fingerprint density at radius 1 is 1.44 bits per heavy atom. The van der Waals surface area contributed by atoms with Crippen LogP contribution < -0.4 is 5.56 Å². The monoisotopic (exact) mass is 250 g/mol. The van der Waals surface area contributed by atoms with E-state index >= 15 is 0 Å². The van der Waals surface area contributed by atoms with Gasteiger partial charge in [0.25, 0.3) is 0 Å². The Bertz CT molecular complexity index is 540. The SMILES string of the molecule is CC(C)(C)C1CCc2[nH]c(=O)c([N+](=O)[O-])cc2C1. The first-order valence-electron chi connectivity index (χ1n) is 6.18. The molecule has 0 spiro atoms. The molecule has 1 unspecified atom stereocenters. The Morgan fingerprint density at radius 3 is 2.67 bits per heavy atom. The molecule has 1 heterocycles. The molecule has 0 amide bonds. The molecule has 5 heteroatoms. The molecule has 0 bridgehead atoms. The van der Waals surface area contributed by atoms with Crippen molar-refractivity contribution in [3.05, 3.63) is 37.8 Å². The summed E-state index contributed by atoms with van der Waals surface area (Å²) in [6.45, 7) is 6.55. The van der Waals surface area contributed by atoms with E-state index in [4.69, 9.17) is 0 Å². The van der Waals surface area contributed by atoms with Crippen LogP contribution in [0.25, 0.3) is 0 Å². The number of H-pyrrole nitrogens is 1. The highest BCUT2D eigenvalue weighted by atomic mass is 16.6. The first-order chi connectivity index (χ1) is 8.29. The van der Waals surface area contributed by atoms with E-state index in [-0.39, 0.29) is 11.1 Å². The van der Waals surface area contributed by atoms with Crippen molar-refractivity contribution in [3.8, 4) is 0 Å². The standard InChI is InChI=1S/C13H18N2O3/c1-13(2,3)9-4-5-10-8(6-9)7-11(15(17)18)12(16)14-10/h7,9H,4-6H2,1-3H3,(H,14,16). The van der Waals surface area contributed by atoms with Crippen LogP contribution in [0.3, 0.4) is 0 Å². The van der Waals surface area contributed by atoms with Crippen molar-refractivity contribution >= 4 is 5.69 Å². The third-order valence-electron chi connectivity index (χ3n) is 3.83. The second-order valence-corrected chi connectivity index (χ2v) is 6.05. The molecule has 98 valence electrons. The molecule has 1 aliphatic rings. The van der Waals surface area contributed by atoms with Gasteiger partial charge in [0.15, 0.2) is 0 Å². The third kappa shape index (κ3) is 2.30. The van der Waals surface area contributed by atoms with Crippen LogP contribution in [0.2, 0.25) is 0 Å². The highest BCUT2D eigenvalue weighted by molar-refractivity contribution is 5.36. The first-order valence-corrected chi connectivity index (χ1v) is 6.18. The second-order valence-electron chi connectivity index (χ2n) is 6.05. The number of hydrogen-bond donors (Lipinski definition) is 1. The Balaban J connectivity index is 2.40. The maximum absolute atomic E-state index is 11.5. The van der Waals surface area contributed by atoms with Crippen molar-refractivity contribution in [3.63, 3.8) is 0 Å². The van der Waals surface area contributed by atoms with Crippen molar-refractivity contribution in [2.24, 2.45) is 11.3 Å². The van der Waals surface area contributed by atoms with E-state index in [1.807, 2.05) is 0 Å². The van der Waals surface area contributed by atoms with E-state index in [0.717, 1.165) is 30.5 Å². The molecule has 1 aromatic rings. The number of nitro groups is 1. The van der Waals surface area contributed by atoms with Crippen LogP contribution in [0, 0.1) is 21.4 Å². The molecule has 0 saturated heterocycles. The van der Waals surface area contributed by atoms with Gasteiger partial charge in [-0.3, -0.25) is 14.9 Å². The maximum Gasteiger partial charge on any atom is 0.334 e. The van der Waals surface area contributed by atoms with Gasteiger partial charge in [-0.25, -0.2) is 0 Å². The van der Waals surface area contributed by atoms with E-state index in [1.54, 1.807) is 0 Å². The molecule has 1 aromatic heterocycles. The number of aryl methyl sites for hydroxylation is 1. The van der Waals surface area contributed by atoms with Gasteiger partial charge in [-0.15, -0.1) is 0 Å². The summed E-state index contributed by atoms with van der Waals surface area (Å²) >= 11 is 0. The van der Waals surface area contributed by atoms with Gasteiger partial charge in [0, 0.05) is 11.8 Å². The summed E-state index contributed by atoms with van der Waals surface area (Å²) < 4.78 is 0. The van der Waals surface area contributed by atoms with Crippen LogP contribution in [0.4, 0.5) is 5.69 Å². The summed E-state index contributed by atoms with van der Waals surface area (Å²) in [6, 6.07) is 1.45. The lowest BCUT2D eigenvalue weighted by Gasteiger charge is -2.34. The fraction of sp³-hybridized carbons (Fsp3) is 0.615. The lowest BCUT2D eigenvalue weighted by molar-refractivity contribution is -0.386. The molecule has 0 saturated carbocycles. The number of nitrogens with one attached hydrogen (secondary N) is 1. The summed E-state index contributed by atoms with van der Waals surface area (Å²) in [4.78, 5) is 24.3. The molecule has 0 aliphatic heterocycles. The molecule has 0 radical (unpaired) electrons. The van der Waals surface area contributed by atoms with Gasteiger partial charge in [-0.2, -0.15) is 0 Å². The Morgan fingerprint density at radius 2 is 2.11 bits per heavy atom. The van der Waals surface area contributed by atoms with Crippen LogP contribution in [-0.4, -0.2) is 9.91 Å². The summed E-state index contributed by atoms with van der Waals surface area (Å²) in [5.74, 6) is 0.496. The maximum atomic E-state index is 11.5. The van der Waals surface area contributed by atoms with E-state index in [9.17, 15) is 14.9 Å². The molecule has 0 fully saturated rings. The van der Waals surface area contributed by atoms with Crippen LogP contribution in [0.1, 0.15) is 38.4 Å². The Kier molecular flexibility index (Phi) is 3.00. The highest BCUT2D eigenvalue weighted by Crippen LogP contribution is 2.36. The minimum absolute atomic E-state index is 0.183. The number of hydrogen-bond acceptors (Lipinski definition) is 3. The fourth-order valence-electron chi connectivity index (χ4n) is 2.57. The van der Waals surface area contributed by atoms with Crippen molar-refractivity contribution in [1.82, 2.24) is 4.98 Å². The lowest BCUT2D eigenvalue weighted by atomic mass is 9.71. The minimum atomic E-state index is -0.611. The molecule has 0 aromatic carbocycles. The minimum Gasteiger partial charge on any atom is -0.320 e. The van der Waals surface area contributed by atoms with Crippen LogP contribution in [-0.2, 0) is 12.8 Å². The van der Waals surface area contributed by atoms with E-state index < -0.39 is 10.5 Å². The normalized spacial score (nSPS) is 19.4. The third-order valence-corrected chi connectivity index (χ3v) is 3.83. The van der Waals surface area contributed by atoms with Gasteiger partial charge in [-0.1, -0.05) is 20.8 Å². The lowest BCUT2D eigenvalue weighted by Crippen LogP contribution is -2.29. The van der Waals surface area contributed by atoms with Crippen molar-refractivity contribution in [1.29, 1.82) is 0 Å². The highest BCUT2D eigenvalue weighted by Gasteiger charge is 2.30. The largest absolute Gasteiger partial charge is 0.334 e. The zero-order chi connectivity index (χ0) is 13.5. The van der Waals surface area contributed by atoms with E-state index in [2.05, 4.69) is 25.8 Å². The molecule has 1 N–H and O–H groups in total. The molecular formula is C13H18N2O3.